The first-order valence-electron chi connectivity index (χ1n) is 11.6. The molecule has 198 valence electrons. The van der Waals surface area contributed by atoms with E-state index in [0.29, 0.717) is 45.8 Å². The summed E-state index contributed by atoms with van der Waals surface area (Å²) < 4.78 is 24.9. The van der Waals surface area contributed by atoms with Gasteiger partial charge < -0.3 is 14.8 Å². The first-order valence-corrected chi connectivity index (χ1v) is 12.4. The second-order valence-electron chi connectivity index (χ2n) is 7.98. The van der Waals surface area contributed by atoms with Gasteiger partial charge >= 0.3 is 0 Å². The molecule has 10 heteroatoms. The van der Waals surface area contributed by atoms with Crippen LogP contribution in [0.5, 0.6) is 11.5 Å². The fourth-order valence-corrected chi connectivity index (χ4v) is 3.85. The topological polar surface area (TPSA) is 89.0 Å². The number of nitrogens with zero attached hydrogens (tertiary/aromatic N) is 1. The van der Waals surface area contributed by atoms with E-state index in [1.165, 1.54) is 30.5 Å². The Kier molecular flexibility index (Phi) is 10.7. The van der Waals surface area contributed by atoms with Crippen molar-refractivity contribution in [2.45, 2.75) is 26.4 Å². The summed E-state index contributed by atoms with van der Waals surface area (Å²) >= 11 is 12.3. The maximum atomic E-state index is 13.0. The Bertz CT molecular complexity index is 1330. The third kappa shape index (κ3) is 8.61. The van der Waals surface area contributed by atoms with Gasteiger partial charge in [0.1, 0.15) is 18.8 Å². The molecule has 0 aliphatic rings. The number of hydrogen-bond donors (Lipinski definition) is 2. The molecule has 3 rings (SSSR count). The van der Waals surface area contributed by atoms with Crippen LogP contribution < -0.4 is 20.2 Å². The number of benzene rings is 3. The summed E-state index contributed by atoms with van der Waals surface area (Å²) in [6.07, 6.45) is 3.20. The van der Waals surface area contributed by atoms with E-state index >= 15 is 0 Å². The summed E-state index contributed by atoms with van der Waals surface area (Å²) in [6.45, 7) is 6.26. The lowest BCUT2D eigenvalue weighted by molar-refractivity contribution is -0.126. The molecular weight excluding hydrogens is 532 g/mol. The molecule has 3 aromatic carbocycles. The predicted molar refractivity (Wildman–Crippen MR) is 148 cm³/mol. The lowest BCUT2D eigenvalue weighted by Gasteiger charge is -2.17. The van der Waals surface area contributed by atoms with Crippen LogP contribution in [0.1, 0.15) is 30.0 Å². The smallest absolute Gasteiger partial charge is 0.249 e. The van der Waals surface area contributed by atoms with E-state index in [2.05, 4.69) is 22.4 Å². The molecule has 0 radical (unpaired) electrons. The molecule has 0 atom stereocenters. The first kappa shape index (κ1) is 28.7. The minimum Gasteiger partial charge on any atom is -0.490 e. The van der Waals surface area contributed by atoms with Gasteiger partial charge in [0.05, 0.1) is 12.8 Å². The Morgan fingerprint density at radius 1 is 1.03 bits per heavy atom. The van der Waals surface area contributed by atoms with Gasteiger partial charge in [-0.2, -0.15) is 5.10 Å². The summed E-state index contributed by atoms with van der Waals surface area (Å²) in [5.41, 5.74) is 4.90. The number of halogens is 3. The molecular formula is C28H26Cl2FN3O4. The molecule has 0 saturated carbocycles. The van der Waals surface area contributed by atoms with Crippen LogP contribution in [0.2, 0.25) is 10.0 Å². The van der Waals surface area contributed by atoms with Crippen molar-refractivity contribution in [1.29, 1.82) is 0 Å². The largest absolute Gasteiger partial charge is 0.490 e. The zero-order valence-corrected chi connectivity index (χ0v) is 22.1. The van der Waals surface area contributed by atoms with Gasteiger partial charge in [0.2, 0.25) is 11.8 Å². The van der Waals surface area contributed by atoms with Gasteiger partial charge in [0.15, 0.2) is 11.5 Å². The Hall–Kier alpha value is -3.88. The fraction of sp³-hybridized carbons (Fsp3) is 0.179. The van der Waals surface area contributed by atoms with E-state index in [9.17, 15) is 14.0 Å². The van der Waals surface area contributed by atoms with E-state index in [0.717, 1.165) is 11.1 Å². The maximum Gasteiger partial charge on any atom is 0.249 e. The lowest BCUT2D eigenvalue weighted by Crippen LogP contribution is -2.24. The third-order valence-corrected chi connectivity index (χ3v) is 5.64. The highest BCUT2D eigenvalue weighted by Crippen LogP contribution is 2.35. The SMILES string of the molecule is C=CCc1cc(C=NNC(=O)CC(=O)Nc2ccc(F)cc2)cc(OCC)c1OCc1ccc(Cl)cc1Cl. The minimum atomic E-state index is -0.614. The molecule has 0 aliphatic carbocycles. The van der Waals surface area contributed by atoms with Crippen molar-refractivity contribution >= 4 is 46.9 Å². The molecule has 7 nitrogen and oxygen atoms in total. The summed E-state index contributed by atoms with van der Waals surface area (Å²) in [6, 6.07) is 14.0. The van der Waals surface area contributed by atoms with Gasteiger partial charge in [0, 0.05) is 26.9 Å². The van der Waals surface area contributed by atoms with Gasteiger partial charge in [-0.3, -0.25) is 9.59 Å². The van der Waals surface area contributed by atoms with Crippen molar-refractivity contribution in [1.82, 2.24) is 5.43 Å². The van der Waals surface area contributed by atoms with Crippen molar-refractivity contribution in [2.75, 3.05) is 11.9 Å². The second-order valence-corrected chi connectivity index (χ2v) is 8.83. The number of rotatable bonds is 12. The quantitative estimate of drug-likeness (QED) is 0.118. The molecule has 0 fully saturated rings. The molecule has 0 bridgehead atoms. The molecule has 0 heterocycles. The Balaban J connectivity index is 1.68. The summed E-state index contributed by atoms with van der Waals surface area (Å²) in [4.78, 5) is 24.2. The number of carbonyl (C=O) groups is 2. The molecule has 0 unspecified atom stereocenters. The average Bonchev–Trinajstić information content (AvgIpc) is 2.86. The van der Waals surface area contributed by atoms with Crippen molar-refractivity contribution < 1.29 is 23.5 Å². The monoisotopic (exact) mass is 557 g/mol. The van der Waals surface area contributed by atoms with Crippen molar-refractivity contribution in [3.63, 3.8) is 0 Å². The number of anilines is 1. The van der Waals surface area contributed by atoms with Gasteiger partial charge in [-0.05, 0) is 67.4 Å². The Morgan fingerprint density at radius 2 is 1.79 bits per heavy atom. The van der Waals surface area contributed by atoms with Gasteiger partial charge in [-0.25, -0.2) is 9.82 Å². The lowest BCUT2D eigenvalue weighted by atomic mass is 10.1. The normalized spacial score (nSPS) is 10.7. The number of amides is 2. The highest BCUT2D eigenvalue weighted by atomic mass is 35.5. The van der Waals surface area contributed by atoms with E-state index < -0.39 is 24.1 Å². The molecule has 0 aromatic heterocycles. The third-order valence-electron chi connectivity index (χ3n) is 5.06. The number of carbonyl (C=O) groups excluding carboxylic acids is 2. The maximum absolute atomic E-state index is 13.0. The Morgan fingerprint density at radius 3 is 2.47 bits per heavy atom. The second kappa shape index (κ2) is 14.2. The molecule has 3 aromatic rings. The van der Waals surface area contributed by atoms with Crippen LogP contribution in [0.4, 0.5) is 10.1 Å². The van der Waals surface area contributed by atoms with Crippen molar-refractivity contribution in [3.8, 4) is 11.5 Å². The van der Waals surface area contributed by atoms with Crippen LogP contribution in [0.3, 0.4) is 0 Å². The van der Waals surface area contributed by atoms with E-state index in [1.54, 1.807) is 30.3 Å². The van der Waals surface area contributed by atoms with Crippen LogP contribution in [0, 0.1) is 5.82 Å². The predicted octanol–water partition coefficient (Wildman–Crippen LogP) is 6.32. The van der Waals surface area contributed by atoms with Crippen LogP contribution in [-0.4, -0.2) is 24.6 Å². The van der Waals surface area contributed by atoms with Crippen LogP contribution >= 0.6 is 23.2 Å². The van der Waals surface area contributed by atoms with Crippen LogP contribution in [0.25, 0.3) is 0 Å². The van der Waals surface area contributed by atoms with E-state index in [-0.39, 0.29) is 6.61 Å². The van der Waals surface area contributed by atoms with Gasteiger partial charge in [-0.1, -0.05) is 35.3 Å². The number of hydrogen-bond acceptors (Lipinski definition) is 5. The zero-order chi connectivity index (χ0) is 27.5. The molecule has 38 heavy (non-hydrogen) atoms. The molecule has 2 amide bonds. The van der Waals surface area contributed by atoms with Crippen molar-refractivity contribution in [2.24, 2.45) is 5.10 Å². The number of hydrazone groups is 1. The van der Waals surface area contributed by atoms with Crippen molar-refractivity contribution in [3.05, 3.63) is 99.8 Å². The highest BCUT2D eigenvalue weighted by molar-refractivity contribution is 6.35. The van der Waals surface area contributed by atoms with E-state index in [4.69, 9.17) is 32.7 Å². The summed E-state index contributed by atoms with van der Waals surface area (Å²) in [5.74, 6) is -0.570. The highest BCUT2D eigenvalue weighted by Gasteiger charge is 2.15. The minimum absolute atomic E-state index is 0.198. The van der Waals surface area contributed by atoms with Crippen LogP contribution in [0.15, 0.2) is 72.4 Å². The Labute approximate surface area is 230 Å². The average molecular weight is 558 g/mol. The zero-order valence-electron chi connectivity index (χ0n) is 20.6. The summed E-state index contributed by atoms with van der Waals surface area (Å²) in [5, 5.41) is 7.49. The molecule has 0 spiro atoms. The number of allylic oxidation sites excluding steroid dienone is 1. The summed E-state index contributed by atoms with van der Waals surface area (Å²) in [7, 11) is 0. The molecule has 2 N–H and O–H groups in total. The first-order chi connectivity index (χ1) is 18.3. The molecule has 0 saturated heterocycles. The number of nitrogens with one attached hydrogen (secondary N) is 2. The standard InChI is InChI=1S/C28H26Cl2FN3O4/c1-3-5-19-12-18(16-32-34-27(36)15-26(35)33-23-10-8-22(31)9-11-23)13-25(37-4-2)28(19)38-17-20-6-7-21(29)14-24(20)30/h3,6-14,16H,1,4-5,15,17H2,2H3,(H,33,35)(H,34,36). The number of ether oxygens (including phenoxy) is 2. The van der Waals surface area contributed by atoms with E-state index in [1.807, 2.05) is 13.0 Å². The van der Waals surface area contributed by atoms with Crippen LogP contribution in [-0.2, 0) is 22.6 Å². The fourth-order valence-electron chi connectivity index (χ4n) is 3.38. The molecule has 0 aliphatic heterocycles. The van der Waals surface area contributed by atoms with Gasteiger partial charge in [-0.15, -0.1) is 6.58 Å². The van der Waals surface area contributed by atoms with Gasteiger partial charge in [0.25, 0.3) is 0 Å².